The van der Waals surface area contributed by atoms with Gasteiger partial charge >= 0.3 is 0 Å². The zero-order chi connectivity index (χ0) is 21.7. The normalized spacial score (nSPS) is 15.8. The minimum absolute atomic E-state index is 0.108. The smallest absolute Gasteiger partial charge is 0.275 e. The molecule has 0 atom stereocenters. The summed E-state index contributed by atoms with van der Waals surface area (Å²) in [5.41, 5.74) is 0.187. The van der Waals surface area contributed by atoms with Gasteiger partial charge in [0.2, 0.25) is 5.78 Å². The summed E-state index contributed by atoms with van der Waals surface area (Å²) in [6.07, 6.45) is 4.25. The van der Waals surface area contributed by atoms with E-state index in [1.165, 1.54) is 10.6 Å². The van der Waals surface area contributed by atoms with Crippen LogP contribution >= 0.6 is 0 Å². The van der Waals surface area contributed by atoms with Gasteiger partial charge in [0.15, 0.2) is 5.82 Å². The number of methoxy groups -OCH3 is 1. The lowest BCUT2D eigenvalue weighted by Gasteiger charge is -2.35. The van der Waals surface area contributed by atoms with Crippen LogP contribution in [0, 0.1) is 0 Å². The zero-order valence-electron chi connectivity index (χ0n) is 17.6. The van der Waals surface area contributed by atoms with Crippen LogP contribution in [0.1, 0.15) is 37.8 Å². The summed E-state index contributed by atoms with van der Waals surface area (Å²) in [5.74, 6) is 0.682. The topological polar surface area (TPSA) is 111 Å². The third-order valence-electron chi connectivity index (χ3n) is 5.59. The number of carbonyl (C=O) groups excluding carboxylic acids is 1. The van der Waals surface area contributed by atoms with Gasteiger partial charge in [0.05, 0.1) is 13.2 Å². The van der Waals surface area contributed by atoms with Crippen LogP contribution in [-0.2, 0) is 20.9 Å². The molecule has 2 aromatic heterocycles. The molecule has 0 radical (unpaired) electrons. The lowest BCUT2D eigenvalue weighted by molar-refractivity contribution is -0.154. The number of ether oxygens (including phenoxy) is 2. The predicted octanol–water partition coefficient (Wildman–Crippen LogP) is 2.07. The number of aromatic nitrogens is 4. The van der Waals surface area contributed by atoms with Gasteiger partial charge in [-0.05, 0) is 12.8 Å². The summed E-state index contributed by atoms with van der Waals surface area (Å²) in [7, 11) is 1.60. The molecule has 1 aromatic carbocycles. The van der Waals surface area contributed by atoms with E-state index in [0.29, 0.717) is 43.3 Å². The molecular weight excluding hydrogens is 398 g/mol. The first-order valence-electron chi connectivity index (χ1n) is 10.6. The average molecular weight is 425 g/mol. The number of benzene rings is 1. The fourth-order valence-electron chi connectivity index (χ4n) is 3.93. The Morgan fingerprint density at radius 2 is 2.00 bits per heavy atom. The highest BCUT2D eigenvalue weighted by atomic mass is 16.5. The lowest BCUT2D eigenvalue weighted by atomic mass is 9.83. The second-order valence-electron chi connectivity index (χ2n) is 7.76. The molecule has 2 heterocycles. The molecule has 3 aromatic rings. The van der Waals surface area contributed by atoms with E-state index in [2.05, 4.69) is 20.4 Å². The molecule has 0 unspecified atom stereocenters. The van der Waals surface area contributed by atoms with Crippen molar-refractivity contribution >= 4 is 11.7 Å². The van der Waals surface area contributed by atoms with Gasteiger partial charge in [0.1, 0.15) is 5.60 Å². The van der Waals surface area contributed by atoms with Crippen molar-refractivity contribution in [2.45, 2.75) is 44.3 Å². The van der Waals surface area contributed by atoms with Gasteiger partial charge in [-0.15, -0.1) is 5.10 Å². The Morgan fingerprint density at radius 1 is 1.23 bits per heavy atom. The van der Waals surface area contributed by atoms with Gasteiger partial charge in [-0.1, -0.05) is 49.6 Å². The number of fused-ring (bicyclic) bond motifs is 1. The first-order valence-corrected chi connectivity index (χ1v) is 10.6. The molecule has 164 valence electrons. The summed E-state index contributed by atoms with van der Waals surface area (Å²) in [5, 5.41) is 7.21. The molecule has 1 saturated carbocycles. The molecule has 1 aliphatic carbocycles. The van der Waals surface area contributed by atoms with Crippen molar-refractivity contribution in [3.05, 3.63) is 52.4 Å². The Hall–Kier alpha value is -3.04. The van der Waals surface area contributed by atoms with Crippen LogP contribution in [0.2, 0.25) is 0 Å². The van der Waals surface area contributed by atoms with Crippen molar-refractivity contribution < 1.29 is 14.3 Å². The van der Waals surface area contributed by atoms with Crippen LogP contribution in [-0.4, -0.2) is 51.4 Å². The summed E-state index contributed by atoms with van der Waals surface area (Å²) >= 11 is 0. The molecule has 1 amide bonds. The molecule has 9 heteroatoms. The maximum atomic E-state index is 12.9. The minimum Gasteiger partial charge on any atom is -0.383 e. The maximum Gasteiger partial charge on any atom is 0.275 e. The molecule has 0 spiro atoms. The monoisotopic (exact) mass is 425 g/mol. The summed E-state index contributed by atoms with van der Waals surface area (Å²) in [6, 6.07) is 10.9. The molecule has 2 N–H and O–H groups in total. The Kier molecular flexibility index (Phi) is 6.43. The summed E-state index contributed by atoms with van der Waals surface area (Å²) in [6.45, 7) is 0.991. The number of nitrogens with one attached hydrogen (secondary N) is 2. The van der Waals surface area contributed by atoms with Gasteiger partial charge in [-0.25, -0.2) is 0 Å². The molecule has 9 nitrogen and oxygen atoms in total. The first-order chi connectivity index (χ1) is 15.1. The van der Waals surface area contributed by atoms with Crippen LogP contribution in [0.4, 0.5) is 0 Å². The quantitative estimate of drug-likeness (QED) is 0.535. The SMILES string of the molecule is COCCNC(=O)C1(OCc2cc(=O)n3nc(-c4ccccc4)nc3[nH]2)CCCCC1. The van der Waals surface area contributed by atoms with Gasteiger partial charge < -0.3 is 19.8 Å². The van der Waals surface area contributed by atoms with Crippen molar-refractivity contribution in [1.82, 2.24) is 24.9 Å². The number of amides is 1. The second kappa shape index (κ2) is 9.40. The third-order valence-corrected chi connectivity index (χ3v) is 5.59. The van der Waals surface area contributed by atoms with Crippen molar-refractivity contribution in [3.8, 4) is 11.4 Å². The lowest BCUT2D eigenvalue weighted by Crippen LogP contribution is -2.50. The molecule has 0 aliphatic heterocycles. The minimum atomic E-state index is -0.891. The van der Waals surface area contributed by atoms with E-state index in [4.69, 9.17) is 9.47 Å². The molecular formula is C22H27N5O4. The highest BCUT2D eigenvalue weighted by molar-refractivity contribution is 5.85. The standard InChI is InChI=1S/C22H27N5O4/c1-30-13-12-23-20(29)22(10-6-3-7-11-22)31-15-17-14-18(28)27-21(24-17)25-19(26-27)16-8-4-2-5-9-16/h2,4-5,8-9,14H,3,6-7,10-13,15H2,1H3,(H,23,29)(H,24,25,26). The van der Waals surface area contributed by atoms with Crippen LogP contribution < -0.4 is 10.9 Å². The molecule has 1 aliphatic rings. The van der Waals surface area contributed by atoms with E-state index in [1.807, 2.05) is 30.3 Å². The second-order valence-corrected chi connectivity index (χ2v) is 7.76. The largest absolute Gasteiger partial charge is 0.383 e. The Balaban J connectivity index is 1.54. The Morgan fingerprint density at radius 3 is 2.74 bits per heavy atom. The van der Waals surface area contributed by atoms with Gasteiger partial charge in [-0.3, -0.25) is 9.59 Å². The first kappa shape index (κ1) is 21.2. The molecule has 31 heavy (non-hydrogen) atoms. The van der Waals surface area contributed by atoms with Gasteiger partial charge in [0.25, 0.3) is 11.5 Å². The summed E-state index contributed by atoms with van der Waals surface area (Å²) in [4.78, 5) is 33.0. The predicted molar refractivity (Wildman–Crippen MR) is 115 cm³/mol. The van der Waals surface area contributed by atoms with Gasteiger partial charge in [-0.2, -0.15) is 9.50 Å². The number of nitrogens with zero attached hydrogens (tertiary/aromatic N) is 3. The maximum absolute atomic E-state index is 12.9. The number of aromatic amines is 1. The molecule has 4 rings (SSSR count). The number of hydrogen-bond acceptors (Lipinski definition) is 6. The number of rotatable bonds is 8. The Bertz CT molecular complexity index is 1090. The average Bonchev–Trinajstić information content (AvgIpc) is 3.24. The van der Waals surface area contributed by atoms with E-state index < -0.39 is 5.60 Å². The van der Waals surface area contributed by atoms with Crippen molar-refractivity contribution in [3.63, 3.8) is 0 Å². The van der Waals surface area contributed by atoms with Gasteiger partial charge in [0, 0.05) is 31.0 Å². The van der Waals surface area contributed by atoms with E-state index in [-0.39, 0.29) is 18.1 Å². The van der Waals surface area contributed by atoms with Crippen molar-refractivity contribution in [2.24, 2.45) is 0 Å². The van der Waals surface area contributed by atoms with Crippen LogP contribution in [0.15, 0.2) is 41.2 Å². The summed E-state index contributed by atoms with van der Waals surface area (Å²) < 4.78 is 12.4. The zero-order valence-corrected chi connectivity index (χ0v) is 17.6. The Labute approximate surface area is 179 Å². The number of hydrogen-bond donors (Lipinski definition) is 2. The number of H-pyrrole nitrogens is 1. The van der Waals surface area contributed by atoms with Crippen LogP contribution in [0.3, 0.4) is 0 Å². The highest BCUT2D eigenvalue weighted by Crippen LogP contribution is 2.32. The fourth-order valence-corrected chi connectivity index (χ4v) is 3.93. The van der Waals surface area contributed by atoms with E-state index in [1.54, 1.807) is 7.11 Å². The third kappa shape index (κ3) is 4.67. The van der Waals surface area contributed by atoms with E-state index >= 15 is 0 Å². The number of carbonyl (C=O) groups is 1. The van der Waals surface area contributed by atoms with E-state index in [0.717, 1.165) is 24.8 Å². The highest BCUT2D eigenvalue weighted by Gasteiger charge is 2.40. The van der Waals surface area contributed by atoms with E-state index in [9.17, 15) is 9.59 Å². The fraction of sp³-hybridized carbons (Fsp3) is 0.455. The molecule has 0 bridgehead atoms. The molecule has 0 saturated heterocycles. The van der Waals surface area contributed by atoms with Crippen LogP contribution in [0.25, 0.3) is 17.2 Å². The van der Waals surface area contributed by atoms with Crippen molar-refractivity contribution in [1.29, 1.82) is 0 Å². The van der Waals surface area contributed by atoms with Crippen molar-refractivity contribution in [2.75, 3.05) is 20.3 Å². The molecule has 1 fully saturated rings. The van der Waals surface area contributed by atoms with Crippen LogP contribution in [0.5, 0.6) is 0 Å².